The largest absolute Gasteiger partial charge is 0.274 e. The topological polar surface area (TPSA) is 37.4 Å². The quantitative estimate of drug-likeness (QED) is 0.391. The number of allylic oxidation sites excluding steroid dienone is 3. The van der Waals surface area contributed by atoms with Crippen molar-refractivity contribution >= 4 is 23.6 Å². The zero-order chi connectivity index (χ0) is 20.9. The van der Waals surface area contributed by atoms with E-state index in [4.69, 9.17) is 0 Å². The summed E-state index contributed by atoms with van der Waals surface area (Å²) in [6.45, 7) is 2.10. The lowest BCUT2D eigenvalue weighted by Gasteiger charge is -2.28. The number of carbonyl (C=O) groups excluding carboxylic acids is 2. The maximum absolute atomic E-state index is 13.7. The van der Waals surface area contributed by atoms with Crippen molar-refractivity contribution in [3.05, 3.63) is 82.4 Å². The molecule has 31 heavy (non-hydrogen) atoms. The van der Waals surface area contributed by atoms with Gasteiger partial charge in [-0.15, -0.1) is 0 Å². The first-order valence-corrected chi connectivity index (χ1v) is 11.6. The minimum Gasteiger partial charge on any atom is -0.274 e. The Morgan fingerprint density at radius 1 is 0.806 bits per heavy atom. The Hall–Kier alpha value is -2.94. The molecule has 2 saturated carbocycles. The van der Waals surface area contributed by atoms with Gasteiger partial charge < -0.3 is 0 Å². The van der Waals surface area contributed by atoms with E-state index in [0.717, 1.165) is 5.69 Å². The number of rotatable bonds is 2. The number of para-hydroxylation sites is 1. The summed E-state index contributed by atoms with van der Waals surface area (Å²) in [7, 11) is 0. The van der Waals surface area contributed by atoms with Crippen LogP contribution in [0.15, 0.2) is 71.3 Å². The number of carbonyl (C=O) groups is 2. The first-order chi connectivity index (χ1) is 15.1. The van der Waals surface area contributed by atoms with Gasteiger partial charge >= 0.3 is 0 Å². The van der Waals surface area contributed by atoms with E-state index >= 15 is 0 Å². The summed E-state index contributed by atoms with van der Waals surface area (Å²) < 4.78 is 0. The average molecular weight is 408 g/mol. The van der Waals surface area contributed by atoms with Crippen LogP contribution >= 0.6 is 0 Å². The number of hydrogen-bond donors (Lipinski definition) is 0. The number of fused-ring (bicyclic) bond motifs is 11. The molecule has 1 saturated heterocycles. The molecule has 4 aliphatic carbocycles. The lowest BCUT2D eigenvalue weighted by Crippen LogP contribution is -2.33. The van der Waals surface area contributed by atoms with E-state index in [-0.39, 0.29) is 35.5 Å². The lowest BCUT2D eigenvalue weighted by molar-refractivity contribution is -0.123. The Morgan fingerprint density at radius 2 is 1.39 bits per heavy atom. The third-order valence-corrected chi connectivity index (χ3v) is 8.58. The number of benzene rings is 2. The van der Waals surface area contributed by atoms with Crippen LogP contribution in [0, 0.1) is 42.4 Å². The van der Waals surface area contributed by atoms with Crippen molar-refractivity contribution in [1.29, 1.82) is 0 Å². The number of imide groups is 1. The van der Waals surface area contributed by atoms with Gasteiger partial charge in [-0.3, -0.25) is 9.59 Å². The van der Waals surface area contributed by atoms with E-state index in [0.29, 0.717) is 11.8 Å². The van der Waals surface area contributed by atoms with Gasteiger partial charge in [0.2, 0.25) is 11.8 Å². The molecule has 3 fully saturated rings. The highest BCUT2D eigenvalue weighted by atomic mass is 16.2. The first kappa shape index (κ1) is 17.7. The average Bonchev–Trinajstić information content (AvgIpc) is 3.57. The minimum absolute atomic E-state index is 0.0119. The molecular formula is C28H25NO2. The second-order valence-electron chi connectivity index (χ2n) is 10.0. The van der Waals surface area contributed by atoms with Gasteiger partial charge in [-0.25, -0.2) is 4.90 Å². The molecule has 0 spiro atoms. The fraction of sp³-hybridized carbons (Fsp3) is 0.357. The Balaban J connectivity index is 1.36. The smallest absolute Gasteiger partial charge is 0.238 e. The van der Waals surface area contributed by atoms with Gasteiger partial charge in [-0.1, -0.05) is 70.8 Å². The molecule has 5 aliphatic rings. The third kappa shape index (κ3) is 2.19. The summed E-state index contributed by atoms with van der Waals surface area (Å²) in [6.07, 6.45) is 6.07. The fourth-order valence-corrected chi connectivity index (χ4v) is 7.52. The van der Waals surface area contributed by atoms with E-state index < -0.39 is 0 Å². The van der Waals surface area contributed by atoms with Gasteiger partial charge in [0, 0.05) is 11.8 Å². The molecule has 1 heterocycles. The normalized spacial score (nSPS) is 34.7. The predicted octanol–water partition coefficient (Wildman–Crippen LogP) is 5.17. The SMILES string of the molecule is Cc1ccc(C=C2[C@H]3C4=C([C@H]5CC[C@H]4C5)[C@H]2[C@H]2C(=O)N(c4ccccc4)C(=O)[C@H]32)cc1. The molecule has 0 N–H and O–H groups in total. The molecule has 0 unspecified atom stereocenters. The monoisotopic (exact) mass is 407 g/mol. The molecule has 0 aromatic heterocycles. The second-order valence-corrected chi connectivity index (χ2v) is 10.0. The lowest BCUT2D eigenvalue weighted by atomic mass is 9.72. The van der Waals surface area contributed by atoms with E-state index in [2.05, 4.69) is 37.3 Å². The fourth-order valence-electron chi connectivity index (χ4n) is 7.52. The highest BCUT2D eigenvalue weighted by molar-refractivity contribution is 6.23. The van der Waals surface area contributed by atoms with Crippen LogP contribution < -0.4 is 4.90 Å². The Labute approximate surface area is 182 Å². The van der Waals surface area contributed by atoms with Gasteiger partial charge in [0.05, 0.1) is 17.5 Å². The van der Waals surface area contributed by atoms with Crippen molar-refractivity contribution in [3.63, 3.8) is 0 Å². The molecule has 7 rings (SSSR count). The summed E-state index contributed by atoms with van der Waals surface area (Å²) >= 11 is 0. The van der Waals surface area contributed by atoms with Crippen molar-refractivity contribution in [2.75, 3.05) is 4.90 Å². The third-order valence-electron chi connectivity index (χ3n) is 8.58. The Kier molecular flexibility index (Phi) is 3.46. The molecule has 0 radical (unpaired) electrons. The molecule has 1 aliphatic heterocycles. The van der Waals surface area contributed by atoms with Crippen LogP contribution in [0.1, 0.15) is 30.4 Å². The van der Waals surface area contributed by atoms with Crippen molar-refractivity contribution in [3.8, 4) is 0 Å². The molecule has 154 valence electrons. The van der Waals surface area contributed by atoms with Crippen LogP contribution in [0.4, 0.5) is 5.69 Å². The number of aryl methyl sites for hydroxylation is 1. The van der Waals surface area contributed by atoms with Crippen LogP contribution in [-0.4, -0.2) is 11.8 Å². The number of anilines is 1. The van der Waals surface area contributed by atoms with Crippen molar-refractivity contribution in [1.82, 2.24) is 0 Å². The Morgan fingerprint density at radius 3 is 1.97 bits per heavy atom. The van der Waals surface area contributed by atoms with E-state index in [1.165, 1.54) is 40.9 Å². The van der Waals surface area contributed by atoms with E-state index in [1.54, 1.807) is 11.1 Å². The minimum atomic E-state index is -0.215. The zero-order valence-corrected chi connectivity index (χ0v) is 17.6. The first-order valence-electron chi connectivity index (χ1n) is 11.6. The van der Waals surface area contributed by atoms with Gasteiger partial charge in [0.1, 0.15) is 0 Å². The maximum Gasteiger partial charge on any atom is 0.238 e. The van der Waals surface area contributed by atoms with Crippen LogP contribution in [0.2, 0.25) is 0 Å². The molecule has 2 aromatic rings. The van der Waals surface area contributed by atoms with Gasteiger partial charge in [0.25, 0.3) is 0 Å². The summed E-state index contributed by atoms with van der Waals surface area (Å²) in [4.78, 5) is 28.8. The highest BCUT2D eigenvalue weighted by Crippen LogP contribution is 2.70. The second kappa shape index (κ2) is 6.06. The summed E-state index contributed by atoms with van der Waals surface area (Å²) in [5, 5.41) is 0. The van der Waals surface area contributed by atoms with E-state index in [9.17, 15) is 9.59 Å². The summed E-state index contributed by atoms with van der Waals surface area (Å²) in [5.41, 5.74) is 7.60. The van der Waals surface area contributed by atoms with Crippen LogP contribution in [-0.2, 0) is 9.59 Å². The highest BCUT2D eigenvalue weighted by Gasteiger charge is 2.69. The van der Waals surface area contributed by atoms with E-state index in [1.807, 2.05) is 30.3 Å². The van der Waals surface area contributed by atoms with Crippen molar-refractivity contribution in [2.45, 2.75) is 26.2 Å². The molecule has 4 bridgehead atoms. The summed E-state index contributed by atoms with van der Waals surface area (Å²) in [6, 6.07) is 18.1. The molecule has 3 heteroatoms. The van der Waals surface area contributed by atoms with Gasteiger partial charge in [-0.05, 0) is 55.7 Å². The molecule has 3 nitrogen and oxygen atoms in total. The molecular weight excluding hydrogens is 382 g/mol. The van der Waals surface area contributed by atoms with Crippen LogP contribution in [0.25, 0.3) is 6.08 Å². The molecule has 6 atom stereocenters. The standard InChI is InChI=1S/C28H25NO2/c1-15-7-9-16(10-8-15)13-20-23-21-17-11-12-18(14-17)22(21)24(20)26-25(23)27(30)29(28(26)31)19-5-3-2-4-6-19/h2-10,13,17-18,23-26H,11-12,14H2,1H3/t17-,18-,23-,24-,25+,26+/m0/s1. The number of hydrogen-bond acceptors (Lipinski definition) is 2. The van der Waals surface area contributed by atoms with Crippen molar-refractivity contribution < 1.29 is 9.59 Å². The maximum atomic E-state index is 13.7. The van der Waals surface area contributed by atoms with Gasteiger partial charge in [-0.2, -0.15) is 0 Å². The zero-order valence-electron chi connectivity index (χ0n) is 17.6. The number of amides is 2. The van der Waals surface area contributed by atoms with Crippen molar-refractivity contribution in [2.24, 2.45) is 35.5 Å². The van der Waals surface area contributed by atoms with Crippen LogP contribution in [0.3, 0.4) is 0 Å². The van der Waals surface area contributed by atoms with Gasteiger partial charge in [0.15, 0.2) is 0 Å². The molecule has 2 aromatic carbocycles. The summed E-state index contributed by atoms with van der Waals surface area (Å²) in [5.74, 6) is 1.12. The molecule has 2 amide bonds. The predicted molar refractivity (Wildman–Crippen MR) is 120 cm³/mol. The van der Waals surface area contributed by atoms with Crippen LogP contribution in [0.5, 0.6) is 0 Å². The number of nitrogens with zero attached hydrogens (tertiary/aromatic N) is 1. The Bertz CT molecular complexity index is 1140.